The molecular formula is C10H7ClN4. The summed E-state index contributed by atoms with van der Waals surface area (Å²) in [6, 6.07) is 7.09. The Morgan fingerprint density at radius 3 is 2.93 bits per heavy atom. The zero-order chi connectivity index (χ0) is 10.8. The second-order valence-corrected chi connectivity index (χ2v) is 3.35. The number of nitrogens with zero attached hydrogens (tertiary/aromatic N) is 3. The molecule has 1 heterocycles. The number of nitrogen functional groups attached to an aromatic ring is 1. The summed E-state index contributed by atoms with van der Waals surface area (Å²) in [6.07, 6.45) is 3.22. The lowest BCUT2D eigenvalue weighted by Gasteiger charge is -2.06. The molecule has 4 nitrogen and oxygen atoms in total. The number of benzene rings is 1. The van der Waals surface area contributed by atoms with Crippen LogP contribution >= 0.6 is 11.6 Å². The molecule has 0 spiro atoms. The SMILES string of the molecule is N#Cc1nccn1-c1ccc(N)cc1Cl. The fraction of sp³-hybridized carbons (Fsp3) is 0. The Kier molecular flexibility index (Phi) is 2.32. The van der Waals surface area contributed by atoms with Gasteiger partial charge in [-0.1, -0.05) is 11.6 Å². The highest BCUT2D eigenvalue weighted by Crippen LogP contribution is 2.23. The first kappa shape index (κ1) is 9.56. The molecule has 0 aliphatic heterocycles. The molecule has 15 heavy (non-hydrogen) atoms. The summed E-state index contributed by atoms with van der Waals surface area (Å²) in [5.41, 5.74) is 6.86. The van der Waals surface area contributed by atoms with Crippen molar-refractivity contribution in [2.45, 2.75) is 0 Å². The minimum absolute atomic E-state index is 0.293. The van der Waals surface area contributed by atoms with Crippen LogP contribution in [0, 0.1) is 11.3 Å². The van der Waals surface area contributed by atoms with Gasteiger partial charge in [-0.15, -0.1) is 0 Å². The van der Waals surface area contributed by atoms with Gasteiger partial charge in [-0.05, 0) is 18.2 Å². The summed E-state index contributed by atoms with van der Waals surface area (Å²) >= 11 is 6.01. The summed E-state index contributed by atoms with van der Waals surface area (Å²) < 4.78 is 1.61. The number of nitrogens with two attached hydrogens (primary N) is 1. The van der Waals surface area contributed by atoms with Crippen LogP contribution in [0.25, 0.3) is 5.69 Å². The first-order chi connectivity index (χ1) is 7.22. The Morgan fingerprint density at radius 2 is 2.27 bits per heavy atom. The Hall–Kier alpha value is -1.99. The summed E-state index contributed by atoms with van der Waals surface area (Å²) in [5.74, 6) is 0.293. The highest BCUT2D eigenvalue weighted by Gasteiger charge is 2.07. The van der Waals surface area contributed by atoms with E-state index in [2.05, 4.69) is 4.98 Å². The number of hydrogen-bond donors (Lipinski definition) is 1. The van der Waals surface area contributed by atoms with E-state index in [9.17, 15) is 0 Å². The molecule has 0 aliphatic rings. The van der Waals surface area contributed by atoms with Gasteiger partial charge in [0.2, 0.25) is 5.82 Å². The van der Waals surface area contributed by atoms with Gasteiger partial charge >= 0.3 is 0 Å². The van der Waals surface area contributed by atoms with Crippen LogP contribution in [-0.4, -0.2) is 9.55 Å². The fourth-order valence-corrected chi connectivity index (χ4v) is 1.58. The van der Waals surface area contributed by atoms with E-state index in [1.165, 1.54) is 0 Å². The van der Waals surface area contributed by atoms with Gasteiger partial charge in [0.05, 0.1) is 10.7 Å². The molecule has 1 aromatic carbocycles. The number of nitriles is 1. The number of imidazole rings is 1. The topological polar surface area (TPSA) is 67.6 Å². The van der Waals surface area contributed by atoms with Gasteiger partial charge in [0, 0.05) is 18.1 Å². The average molecular weight is 219 g/mol. The number of halogens is 1. The predicted octanol–water partition coefficient (Wildman–Crippen LogP) is 1.98. The second kappa shape index (κ2) is 3.64. The molecule has 0 radical (unpaired) electrons. The molecule has 2 aromatic rings. The van der Waals surface area contributed by atoms with Gasteiger partial charge in [0.15, 0.2) is 0 Å². The van der Waals surface area contributed by atoms with Crippen molar-refractivity contribution in [1.29, 1.82) is 5.26 Å². The van der Waals surface area contributed by atoms with E-state index in [-0.39, 0.29) is 0 Å². The van der Waals surface area contributed by atoms with E-state index in [0.717, 1.165) is 0 Å². The lowest BCUT2D eigenvalue weighted by Crippen LogP contribution is -1.98. The van der Waals surface area contributed by atoms with Crippen molar-refractivity contribution in [1.82, 2.24) is 9.55 Å². The third kappa shape index (κ3) is 1.65. The largest absolute Gasteiger partial charge is 0.399 e. The maximum Gasteiger partial charge on any atom is 0.217 e. The molecule has 74 valence electrons. The van der Waals surface area contributed by atoms with Gasteiger partial charge in [-0.25, -0.2) is 4.98 Å². The molecule has 0 fully saturated rings. The van der Waals surface area contributed by atoms with Gasteiger partial charge in [-0.2, -0.15) is 5.26 Å². The molecule has 2 rings (SSSR count). The minimum atomic E-state index is 0.293. The molecule has 0 atom stereocenters. The molecule has 0 aliphatic carbocycles. The van der Waals surface area contributed by atoms with Crippen molar-refractivity contribution >= 4 is 17.3 Å². The molecule has 0 amide bonds. The highest BCUT2D eigenvalue weighted by atomic mass is 35.5. The summed E-state index contributed by atoms with van der Waals surface area (Å²) in [4.78, 5) is 3.89. The Balaban J connectivity index is 2.60. The smallest absolute Gasteiger partial charge is 0.217 e. The van der Waals surface area contributed by atoms with Gasteiger partial charge in [0.25, 0.3) is 0 Å². The first-order valence-electron chi connectivity index (χ1n) is 4.21. The van der Waals surface area contributed by atoms with Gasteiger partial charge in [0.1, 0.15) is 6.07 Å². The van der Waals surface area contributed by atoms with Crippen LogP contribution in [0.15, 0.2) is 30.6 Å². The molecule has 2 N–H and O–H groups in total. The van der Waals surface area contributed by atoms with Crippen molar-refractivity contribution in [3.8, 4) is 11.8 Å². The number of anilines is 1. The Morgan fingerprint density at radius 1 is 1.47 bits per heavy atom. The lowest BCUT2D eigenvalue weighted by molar-refractivity contribution is 1.02. The van der Waals surface area contributed by atoms with Crippen molar-refractivity contribution in [3.05, 3.63) is 41.4 Å². The summed E-state index contributed by atoms with van der Waals surface area (Å²) in [5, 5.41) is 9.30. The van der Waals surface area contributed by atoms with Crippen LogP contribution in [0.2, 0.25) is 5.02 Å². The monoisotopic (exact) mass is 218 g/mol. The van der Waals surface area contributed by atoms with E-state index < -0.39 is 0 Å². The number of hydrogen-bond acceptors (Lipinski definition) is 3. The Bertz CT molecular complexity index is 539. The van der Waals surface area contributed by atoms with Crippen molar-refractivity contribution in [3.63, 3.8) is 0 Å². The Labute approximate surface area is 91.5 Å². The van der Waals surface area contributed by atoms with Crippen molar-refractivity contribution in [2.75, 3.05) is 5.73 Å². The minimum Gasteiger partial charge on any atom is -0.399 e. The van der Waals surface area contributed by atoms with Gasteiger partial charge in [-0.3, -0.25) is 4.57 Å². The average Bonchev–Trinajstić information content (AvgIpc) is 2.65. The predicted molar refractivity (Wildman–Crippen MR) is 57.7 cm³/mol. The third-order valence-corrected chi connectivity index (χ3v) is 2.27. The van der Waals surface area contributed by atoms with E-state index in [1.54, 1.807) is 35.2 Å². The van der Waals surface area contributed by atoms with E-state index in [0.29, 0.717) is 22.2 Å². The molecular weight excluding hydrogens is 212 g/mol. The number of aromatic nitrogens is 2. The molecule has 1 aromatic heterocycles. The van der Waals surface area contributed by atoms with Crippen LogP contribution in [-0.2, 0) is 0 Å². The zero-order valence-corrected chi connectivity index (χ0v) is 8.44. The molecule has 0 saturated carbocycles. The molecule has 0 unspecified atom stereocenters. The van der Waals surface area contributed by atoms with E-state index in [4.69, 9.17) is 22.6 Å². The first-order valence-corrected chi connectivity index (χ1v) is 4.59. The number of rotatable bonds is 1. The molecule has 0 bridgehead atoms. The maximum absolute atomic E-state index is 8.81. The lowest BCUT2D eigenvalue weighted by atomic mass is 10.3. The normalized spacial score (nSPS) is 9.87. The quantitative estimate of drug-likeness (QED) is 0.745. The van der Waals surface area contributed by atoms with E-state index >= 15 is 0 Å². The van der Waals surface area contributed by atoms with Crippen LogP contribution in [0.5, 0.6) is 0 Å². The van der Waals surface area contributed by atoms with Crippen LogP contribution in [0.3, 0.4) is 0 Å². The highest BCUT2D eigenvalue weighted by molar-refractivity contribution is 6.32. The van der Waals surface area contributed by atoms with Crippen molar-refractivity contribution in [2.24, 2.45) is 0 Å². The van der Waals surface area contributed by atoms with Gasteiger partial charge < -0.3 is 5.73 Å². The summed E-state index contributed by atoms with van der Waals surface area (Å²) in [6.45, 7) is 0. The van der Waals surface area contributed by atoms with Crippen LogP contribution in [0.4, 0.5) is 5.69 Å². The maximum atomic E-state index is 8.81. The zero-order valence-electron chi connectivity index (χ0n) is 7.68. The fourth-order valence-electron chi connectivity index (χ4n) is 1.30. The molecule has 0 saturated heterocycles. The standard InChI is InChI=1S/C10H7ClN4/c11-8-5-7(13)1-2-9(8)15-4-3-14-10(15)6-12/h1-5H,13H2. The third-order valence-electron chi connectivity index (χ3n) is 1.97. The van der Waals surface area contributed by atoms with E-state index in [1.807, 2.05) is 6.07 Å². The molecule has 5 heteroatoms. The van der Waals surface area contributed by atoms with Crippen LogP contribution in [0.1, 0.15) is 5.82 Å². The second-order valence-electron chi connectivity index (χ2n) is 2.94. The summed E-state index contributed by atoms with van der Waals surface area (Å²) in [7, 11) is 0. The van der Waals surface area contributed by atoms with Crippen molar-refractivity contribution < 1.29 is 0 Å². The van der Waals surface area contributed by atoms with Crippen LogP contribution < -0.4 is 5.73 Å².